The molecule has 5 heterocycles. The predicted molar refractivity (Wildman–Crippen MR) is 145 cm³/mol. The number of nitrogens with one attached hydrogen (secondary N) is 6. The maximum Gasteiger partial charge on any atom is 0.239 e. The second-order valence-corrected chi connectivity index (χ2v) is 13.4. The van der Waals surface area contributed by atoms with Crippen LogP contribution in [-0.2, 0) is 14.3 Å². The third kappa shape index (κ3) is 5.95. The number of carbonyl (C=O) groups excluding carboxylic acids is 2. The number of hydrogen-bond donors (Lipinski definition) is 6. The van der Waals surface area contributed by atoms with Gasteiger partial charge in [0.1, 0.15) is 11.7 Å². The average Bonchev–Trinajstić information content (AvgIpc) is 3.46. The first-order valence-corrected chi connectivity index (χ1v) is 15.2. The summed E-state index contributed by atoms with van der Waals surface area (Å²) in [6, 6.07) is 2.59. The number of carbonyl (C=O) groups is 2. The molecule has 12 unspecified atom stereocenters. The Morgan fingerprint density at radius 3 is 2.66 bits per heavy atom. The number of thioether (sulfide) groups is 1. The number of amides is 2. The van der Waals surface area contributed by atoms with Gasteiger partial charge in [0.05, 0.1) is 29.4 Å². The van der Waals surface area contributed by atoms with Crippen LogP contribution >= 0.6 is 23.4 Å². The summed E-state index contributed by atoms with van der Waals surface area (Å²) in [5, 5.41) is 23.1. The highest BCUT2D eigenvalue weighted by atomic mass is 35.5. The number of likely N-dealkylation sites (tertiary alicyclic amines) is 1. The lowest BCUT2D eigenvalue weighted by Gasteiger charge is -2.45. The average molecular weight is 569 g/mol. The molecule has 0 bridgehead atoms. The summed E-state index contributed by atoms with van der Waals surface area (Å²) in [4.78, 5) is 28.7. The van der Waals surface area contributed by atoms with Crippen molar-refractivity contribution in [3.8, 4) is 6.07 Å². The van der Waals surface area contributed by atoms with E-state index in [1.54, 1.807) is 18.9 Å². The molecule has 13 heteroatoms. The van der Waals surface area contributed by atoms with E-state index in [9.17, 15) is 14.9 Å². The molecule has 0 aromatic carbocycles. The van der Waals surface area contributed by atoms with Gasteiger partial charge in [-0.15, -0.1) is 23.4 Å². The minimum atomic E-state index is -0.222. The van der Waals surface area contributed by atoms with E-state index in [2.05, 4.69) is 45.1 Å². The molecule has 2 amide bonds. The number of rotatable bonds is 5. The molecule has 0 aliphatic carbocycles. The van der Waals surface area contributed by atoms with Crippen molar-refractivity contribution in [1.82, 2.24) is 37.0 Å². The maximum atomic E-state index is 13.6. The molecule has 0 saturated carbocycles. The number of nitriles is 1. The van der Waals surface area contributed by atoms with Crippen molar-refractivity contribution in [2.45, 2.75) is 86.2 Å². The van der Waals surface area contributed by atoms with Crippen molar-refractivity contribution in [1.29, 1.82) is 5.26 Å². The monoisotopic (exact) mass is 568 g/mol. The summed E-state index contributed by atoms with van der Waals surface area (Å²) in [6.07, 6.45) is 2.85. The van der Waals surface area contributed by atoms with Crippen LogP contribution in [0, 0.1) is 35.0 Å². The van der Waals surface area contributed by atoms with Crippen molar-refractivity contribution >= 4 is 35.2 Å². The molecule has 5 aliphatic heterocycles. The Kier molecular flexibility index (Phi) is 9.06. The first kappa shape index (κ1) is 28.4. The van der Waals surface area contributed by atoms with Gasteiger partial charge in [-0.1, -0.05) is 0 Å². The van der Waals surface area contributed by atoms with Gasteiger partial charge in [0, 0.05) is 56.0 Å². The van der Waals surface area contributed by atoms with Crippen molar-refractivity contribution < 1.29 is 14.3 Å². The fraction of sp³-hybridized carbons (Fsp3) is 0.880. The number of halogens is 1. The minimum Gasteiger partial charge on any atom is -0.365 e. The molecule has 5 fully saturated rings. The summed E-state index contributed by atoms with van der Waals surface area (Å²) in [6.45, 7) is 6.06. The summed E-state index contributed by atoms with van der Waals surface area (Å²) in [7, 11) is 1.68. The van der Waals surface area contributed by atoms with Crippen LogP contribution in [0.1, 0.15) is 39.5 Å². The fourth-order valence-corrected chi connectivity index (χ4v) is 8.58. The summed E-state index contributed by atoms with van der Waals surface area (Å²) in [5.41, 5.74) is 5.82. The fourth-order valence-electron chi connectivity index (χ4n) is 6.91. The Bertz CT molecular complexity index is 912. The van der Waals surface area contributed by atoms with Gasteiger partial charge in [0.2, 0.25) is 11.8 Å². The number of piperidine rings is 2. The molecular formula is C25H41ClN8O3S. The Hall–Kier alpha value is -1.17. The lowest BCUT2D eigenvalue weighted by molar-refractivity contribution is -0.134. The molecule has 12 atom stereocenters. The normalized spacial score (nSPS) is 45.3. The molecule has 0 aromatic heterocycles. The van der Waals surface area contributed by atoms with E-state index in [0.29, 0.717) is 32.1 Å². The number of alkyl halides is 1. The maximum absolute atomic E-state index is 13.6. The number of hydrogen-bond acceptors (Lipinski definition) is 10. The standard InChI is InChI=1S/C25H41ClN8O3S/c1-12-6-15(16-7-21(26)32-33-23(16)37-3)17(9-28-12)22(35)31-25-30-19-10-34(11-20(19)38-25)24(36)18-5-4-14(8-27)13(2)29-18/h12-21,23,25,28-30,32-33H,4-7,9-11H2,1-3H3,(H,31,35). The molecule has 0 aromatic rings. The first-order valence-electron chi connectivity index (χ1n) is 13.8. The van der Waals surface area contributed by atoms with Gasteiger partial charge in [-0.2, -0.15) is 5.26 Å². The van der Waals surface area contributed by atoms with Crippen LogP contribution in [0.5, 0.6) is 0 Å². The van der Waals surface area contributed by atoms with Crippen LogP contribution in [-0.4, -0.2) is 90.1 Å². The highest BCUT2D eigenvalue weighted by Gasteiger charge is 2.47. The van der Waals surface area contributed by atoms with E-state index in [1.165, 1.54) is 0 Å². The van der Waals surface area contributed by atoms with Crippen molar-refractivity contribution in [3.63, 3.8) is 0 Å². The van der Waals surface area contributed by atoms with Crippen LogP contribution in [0.15, 0.2) is 0 Å². The largest absolute Gasteiger partial charge is 0.365 e. The van der Waals surface area contributed by atoms with E-state index in [0.717, 1.165) is 19.3 Å². The second kappa shape index (κ2) is 12.1. The van der Waals surface area contributed by atoms with Crippen LogP contribution in [0.2, 0.25) is 0 Å². The van der Waals surface area contributed by atoms with Crippen molar-refractivity contribution in [2.75, 3.05) is 26.7 Å². The Morgan fingerprint density at radius 2 is 1.95 bits per heavy atom. The number of ether oxygens (including phenoxy) is 1. The third-order valence-electron chi connectivity index (χ3n) is 9.05. The second-order valence-electron chi connectivity index (χ2n) is 11.5. The number of hydrazine groups is 1. The molecule has 0 radical (unpaired) electrons. The molecule has 0 spiro atoms. The molecular weight excluding hydrogens is 528 g/mol. The molecule has 212 valence electrons. The van der Waals surface area contributed by atoms with E-state index in [4.69, 9.17) is 16.3 Å². The molecule has 6 N–H and O–H groups in total. The van der Waals surface area contributed by atoms with Gasteiger partial charge in [0.25, 0.3) is 0 Å². The van der Waals surface area contributed by atoms with Gasteiger partial charge in [-0.25, -0.2) is 10.9 Å². The van der Waals surface area contributed by atoms with Gasteiger partial charge >= 0.3 is 0 Å². The van der Waals surface area contributed by atoms with Gasteiger partial charge in [0.15, 0.2) is 0 Å². The Labute approximate surface area is 234 Å². The van der Waals surface area contributed by atoms with E-state index in [-0.39, 0.29) is 76.1 Å². The minimum absolute atomic E-state index is 0.0214. The molecule has 5 saturated heterocycles. The summed E-state index contributed by atoms with van der Waals surface area (Å²) >= 11 is 8.11. The van der Waals surface area contributed by atoms with Crippen LogP contribution < -0.4 is 32.1 Å². The Morgan fingerprint density at radius 1 is 1.13 bits per heavy atom. The summed E-state index contributed by atoms with van der Waals surface area (Å²) < 4.78 is 5.69. The van der Waals surface area contributed by atoms with Gasteiger partial charge in [-0.3, -0.25) is 14.9 Å². The number of nitrogens with zero attached hydrogens (tertiary/aromatic N) is 2. The van der Waals surface area contributed by atoms with Crippen LogP contribution in [0.25, 0.3) is 0 Å². The van der Waals surface area contributed by atoms with Crippen molar-refractivity contribution in [3.05, 3.63) is 0 Å². The highest BCUT2D eigenvalue weighted by Crippen LogP contribution is 2.38. The zero-order chi connectivity index (χ0) is 27.0. The third-order valence-corrected chi connectivity index (χ3v) is 10.7. The number of fused-ring (bicyclic) bond motifs is 1. The lowest BCUT2D eigenvalue weighted by atomic mass is 9.72. The SMILES string of the molecule is COC1NNC(Cl)CC1C1CC(C)NCC1C(=O)NC1NC2CN(C(=O)C3CCC(C#N)C(C)N3)CC2S1. The van der Waals surface area contributed by atoms with E-state index < -0.39 is 0 Å². The molecule has 5 aliphatic rings. The quantitative estimate of drug-likeness (QED) is 0.196. The summed E-state index contributed by atoms with van der Waals surface area (Å²) in [5.74, 6) is 0.193. The topological polar surface area (TPSA) is 143 Å². The van der Waals surface area contributed by atoms with Gasteiger partial charge < -0.3 is 25.6 Å². The van der Waals surface area contributed by atoms with Gasteiger partial charge in [-0.05, 0) is 45.4 Å². The molecule has 5 rings (SSSR count). The van der Waals surface area contributed by atoms with E-state index in [1.807, 2.05) is 11.8 Å². The first-order chi connectivity index (χ1) is 18.3. The molecule has 38 heavy (non-hydrogen) atoms. The predicted octanol–water partition coefficient (Wildman–Crippen LogP) is -0.152. The smallest absolute Gasteiger partial charge is 0.239 e. The van der Waals surface area contributed by atoms with Crippen LogP contribution in [0.3, 0.4) is 0 Å². The lowest BCUT2D eigenvalue weighted by Crippen LogP contribution is -2.61. The number of methoxy groups -OCH3 is 1. The zero-order valence-corrected chi connectivity index (χ0v) is 23.9. The van der Waals surface area contributed by atoms with Crippen LogP contribution in [0.4, 0.5) is 0 Å². The Balaban J connectivity index is 1.15. The zero-order valence-electron chi connectivity index (χ0n) is 22.3. The van der Waals surface area contributed by atoms with E-state index >= 15 is 0 Å². The molecule has 11 nitrogen and oxygen atoms in total. The van der Waals surface area contributed by atoms with Crippen molar-refractivity contribution in [2.24, 2.45) is 23.7 Å². The highest BCUT2D eigenvalue weighted by molar-refractivity contribution is 8.00.